The van der Waals surface area contributed by atoms with Crippen LogP contribution in [-0.4, -0.2) is 48.3 Å². The van der Waals surface area contributed by atoms with E-state index in [1.54, 1.807) is 0 Å². The number of aryl methyl sites for hydroxylation is 2. The quantitative estimate of drug-likeness (QED) is 0.635. The molecule has 0 spiro atoms. The number of hydrogen-bond donors (Lipinski definition) is 2. The summed E-state index contributed by atoms with van der Waals surface area (Å²) in [4.78, 5) is 17.8. The molecule has 0 saturated heterocycles. The van der Waals surface area contributed by atoms with Gasteiger partial charge in [0.15, 0.2) is 5.82 Å². The molecule has 0 amide bonds. The number of aliphatic hydroxyl groups excluding tert-OH is 1. The Morgan fingerprint density at radius 3 is 2.72 bits per heavy atom. The lowest BCUT2D eigenvalue weighted by Crippen LogP contribution is -2.31. The molecular formula is C21H28N6O2. The minimum atomic E-state index is -0.0930. The van der Waals surface area contributed by atoms with Crippen molar-refractivity contribution in [3.05, 3.63) is 51.1 Å². The fourth-order valence-electron chi connectivity index (χ4n) is 4.28. The topological polar surface area (TPSA) is 99.9 Å². The molecule has 0 radical (unpaired) electrons. The van der Waals surface area contributed by atoms with Gasteiger partial charge in [0, 0.05) is 24.0 Å². The van der Waals surface area contributed by atoms with Crippen LogP contribution < -0.4 is 5.56 Å². The number of nitrogens with one attached hydrogen (secondary N) is 1. The van der Waals surface area contributed by atoms with Gasteiger partial charge in [0.05, 0.1) is 24.7 Å². The molecule has 1 aliphatic rings. The van der Waals surface area contributed by atoms with Gasteiger partial charge in [-0.25, -0.2) is 4.68 Å². The first-order chi connectivity index (χ1) is 14.1. The SMILES string of the molecule is Cc1ccc(C)c2[nH]c(=O)c(CN(CCO)Cc3nnnn3C3CCCC3)cc12. The highest BCUT2D eigenvalue weighted by molar-refractivity contribution is 5.85. The van der Waals surface area contributed by atoms with Crippen LogP contribution in [-0.2, 0) is 13.1 Å². The molecule has 2 heterocycles. The zero-order chi connectivity index (χ0) is 20.4. The molecule has 3 aromatic rings. The number of fused-ring (bicyclic) bond motifs is 1. The van der Waals surface area contributed by atoms with Crippen molar-refractivity contribution in [2.75, 3.05) is 13.2 Å². The molecule has 29 heavy (non-hydrogen) atoms. The Balaban J connectivity index is 1.61. The first-order valence-corrected chi connectivity index (χ1v) is 10.3. The van der Waals surface area contributed by atoms with E-state index in [0.717, 1.165) is 40.7 Å². The first-order valence-electron chi connectivity index (χ1n) is 10.3. The number of nitrogens with zero attached hydrogens (tertiary/aromatic N) is 5. The molecule has 154 valence electrons. The van der Waals surface area contributed by atoms with Crippen LogP contribution in [0.2, 0.25) is 0 Å². The normalized spacial score (nSPS) is 15.0. The van der Waals surface area contributed by atoms with Crippen LogP contribution in [0.3, 0.4) is 0 Å². The van der Waals surface area contributed by atoms with Gasteiger partial charge < -0.3 is 10.1 Å². The van der Waals surface area contributed by atoms with E-state index in [-0.39, 0.29) is 12.2 Å². The summed E-state index contributed by atoms with van der Waals surface area (Å²) >= 11 is 0. The number of aromatic amines is 1. The summed E-state index contributed by atoms with van der Waals surface area (Å²) in [7, 11) is 0. The number of benzene rings is 1. The second-order valence-corrected chi connectivity index (χ2v) is 8.02. The molecule has 0 aliphatic heterocycles. The Morgan fingerprint density at radius 1 is 1.21 bits per heavy atom. The third-order valence-electron chi connectivity index (χ3n) is 5.93. The molecule has 8 nitrogen and oxygen atoms in total. The lowest BCUT2D eigenvalue weighted by atomic mass is 10.0. The van der Waals surface area contributed by atoms with E-state index in [1.165, 1.54) is 12.8 Å². The van der Waals surface area contributed by atoms with E-state index in [1.807, 2.05) is 35.6 Å². The highest BCUT2D eigenvalue weighted by Crippen LogP contribution is 2.29. The Hall–Kier alpha value is -2.58. The minimum absolute atomic E-state index is 0.00855. The lowest BCUT2D eigenvalue weighted by Gasteiger charge is -2.22. The Bertz CT molecular complexity index is 1050. The number of rotatable bonds is 7. The van der Waals surface area contributed by atoms with Gasteiger partial charge in [-0.2, -0.15) is 0 Å². The van der Waals surface area contributed by atoms with E-state index in [0.29, 0.717) is 31.2 Å². The monoisotopic (exact) mass is 396 g/mol. The summed E-state index contributed by atoms with van der Waals surface area (Å²) in [6, 6.07) is 6.42. The minimum Gasteiger partial charge on any atom is -0.395 e. The Labute approximate surface area is 169 Å². The summed E-state index contributed by atoms with van der Waals surface area (Å²) in [6.07, 6.45) is 4.60. The standard InChI is InChI=1S/C21H28N6O2/c1-14-7-8-15(2)20-18(14)11-16(21(29)22-20)12-26(9-10-28)13-19-23-24-25-27(19)17-5-3-4-6-17/h7-8,11,17,28H,3-6,9-10,12-13H2,1-2H3,(H,22,29). The maximum Gasteiger partial charge on any atom is 0.252 e. The second kappa shape index (κ2) is 8.42. The second-order valence-electron chi connectivity index (χ2n) is 8.02. The molecule has 0 atom stereocenters. The van der Waals surface area contributed by atoms with Crippen molar-refractivity contribution in [2.45, 2.75) is 58.7 Å². The van der Waals surface area contributed by atoms with Crippen molar-refractivity contribution in [1.82, 2.24) is 30.1 Å². The summed E-state index contributed by atoms with van der Waals surface area (Å²) in [5.74, 6) is 0.787. The number of H-pyrrole nitrogens is 1. The third kappa shape index (κ3) is 4.09. The maximum atomic E-state index is 12.7. The van der Waals surface area contributed by atoms with Crippen LogP contribution >= 0.6 is 0 Å². The molecule has 0 unspecified atom stereocenters. The zero-order valence-corrected chi connectivity index (χ0v) is 17.1. The number of pyridine rings is 1. The molecule has 2 aromatic heterocycles. The summed E-state index contributed by atoms with van der Waals surface area (Å²) < 4.78 is 1.93. The van der Waals surface area contributed by atoms with Gasteiger partial charge in [0.2, 0.25) is 0 Å². The smallest absolute Gasteiger partial charge is 0.252 e. The summed E-state index contributed by atoms with van der Waals surface area (Å²) in [6.45, 7) is 5.42. The van der Waals surface area contributed by atoms with Crippen LogP contribution in [0, 0.1) is 13.8 Å². The van der Waals surface area contributed by atoms with Gasteiger partial charge in [-0.1, -0.05) is 25.0 Å². The van der Waals surface area contributed by atoms with Crippen LogP contribution in [0.4, 0.5) is 0 Å². The zero-order valence-electron chi connectivity index (χ0n) is 17.1. The average Bonchev–Trinajstić information content (AvgIpc) is 3.37. The van der Waals surface area contributed by atoms with Gasteiger partial charge >= 0.3 is 0 Å². The van der Waals surface area contributed by atoms with Crippen molar-refractivity contribution in [1.29, 1.82) is 0 Å². The highest BCUT2D eigenvalue weighted by Gasteiger charge is 2.23. The average molecular weight is 396 g/mol. The fourth-order valence-corrected chi connectivity index (χ4v) is 4.28. The molecule has 2 N–H and O–H groups in total. The van der Waals surface area contributed by atoms with E-state index in [4.69, 9.17) is 0 Å². The maximum absolute atomic E-state index is 12.7. The van der Waals surface area contributed by atoms with Crippen molar-refractivity contribution in [2.24, 2.45) is 0 Å². The molecular weight excluding hydrogens is 368 g/mol. The molecule has 4 rings (SSSR count). The lowest BCUT2D eigenvalue weighted by molar-refractivity contribution is 0.177. The van der Waals surface area contributed by atoms with Gasteiger partial charge in [0.25, 0.3) is 5.56 Å². The van der Waals surface area contributed by atoms with Gasteiger partial charge in [-0.05, 0) is 54.3 Å². The largest absolute Gasteiger partial charge is 0.395 e. The predicted octanol–water partition coefficient (Wildman–Crippen LogP) is 2.24. The fraction of sp³-hybridized carbons (Fsp3) is 0.524. The van der Waals surface area contributed by atoms with Crippen molar-refractivity contribution >= 4 is 10.9 Å². The molecule has 1 saturated carbocycles. The van der Waals surface area contributed by atoms with Crippen molar-refractivity contribution in [3.63, 3.8) is 0 Å². The Morgan fingerprint density at radius 2 is 1.97 bits per heavy atom. The Kier molecular flexibility index (Phi) is 5.73. The van der Waals surface area contributed by atoms with Crippen LogP contribution in [0.15, 0.2) is 23.0 Å². The number of hydrogen-bond acceptors (Lipinski definition) is 6. The number of aliphatic hydroxyl groups is 1. The predicted molar refractivity (Wildman–Crippen MR) is 111 cm³/mol. The van der Waals surface area contributed by atoms with Crippen LogP contribution in [0.5, 0.6) is 0 Å². The van der Waals surface area contributed by atoms with Gasteiger partial charge in [-0.15, -0.1) is 5.10 Å². The molecule has 1 aliphatic carbocycles. The summed E-state index contributed by atoms with van der Waals surface area (Å²) in [5.41, 5.74) is 3.65. The molecule has 8 heteroatoms. The molecule has 0 bridgehead atoms. The van der Waals surface area contributed by atoms with Crippen LogP contribution in [0.25, 0.3) is 10.9 Å². The van der Waals surface area contributed by atoms with Crippen molar-refractivity contribution in [3.8, 4) is 0 Å². The number of aromatic nitrogens is 5. The molecule has 1 fully saturated rings. The highest BCUT2D eigenvalue weighted by atomic mass is 16.3. The van der Waals surface area contributed by atoms with E-state index < -0.39 is 0 Å². The van der Waals surface area contributed by atoms with Gasteiger partial charge in [-0.3, -0.25) is 9.69 Å². The van der Waals surface area contributed by atoms with Crippen LogP contribution in [0.1, 0.15) is 54.2 Å². The number of tetrazole rings is 1. The van der Waals surface area contributed by atoms with Crippen molar-refractivity contribution < 1.29 is 5.11 Å². The van der Waals surface area contributed by atoms with E-state index >= 15 is 0 Å². The summed E-state index contributed by atoms with van der Waals surface area (Å²) in [5, 5.41) is 22.9. The molecule has 1 aromatic carbocycles. The third-order valence-corrected chi connectivity index (χ3v) is 5.93. The van der Waals surface area contributed by atoms with E-state index in [9.17, 15) is 9.90 Å². The first kappa shape index (κ1) is 19.7. The van der Waals surface area contributed by atoms with Gasteiger partial charge in [0.1, 0.15) is 0 Å². The van der Waals surface area contributed by atoms with E-state index in [2.05, 4.69) is 26.6 Å².